The Hall–Kier alpha value is -2.97. The molecule has 0 spiro atoms. The van der Waals surface area contributed by atoms with E-state index in [4.69, 9.17) is 4.74 Å². The first-order valence-corrected chi connectivity index (χ1v) is 6.94. The lowest BCUT2D eigenvalue weighted by atomic mass is 10.2. The van der Waals surface area contributed by atoms with Crippen LogP contribution in [0.3, 0.4) is 0 Å². The van der Waals surface area contributed by atoms with Crippen molar-refractivity contribution in [3.8, 4) is 0 Å². The molecule has 2 rings (SSSR count). The number of carbonyl (C=O) groups excluding carboxylic acids is 3. The van der Waals surface area contributed by atoms with E-state index >= 15 is 0 Å². The van der Waals surface area contributed by atoms with E-state index in [9.17, 15) is 24.5 Å². The Morgan fingerprint density at radius 3 is 2.57 bits per heavy atom. The number of amides is 3. The second-order valence-electron chi connectivity index (χ2n) is 5.06. The summed E-state index contributed by atoms with van der Waals surface area (Å²) in [6.07, 6.45) is 0.459. The molecule has 0 heterocycles. The number of ether oxygens (including phenoxy) is 1. The Morgan fingerprint density at radius 1 is 1.30 bits per heavy atom. The van der Waals surface area contributed by atoms with Crippen LogP contribution in [0.25, 0.3) is 0 Å². The summed E-state index contributed by atoms with van der Waals surface area (Å²) in [5.41, 5.74) is -0.684. The minimum atomic E-state index is -1.27. The molecule has 23 heavy (non-hydrogen) atoms. The third-order valence-corrected chi connectivity index (χ3v) is 3.12. The van der Waals surface area contributed by atoms with E-state index in [0.717, 1.165) is 18.9 Å². The first-order chi connectivity index (χ1) is 10.9. The van der Waals surface area contributed by atoms with Crippen LogP contribution in [-0.2, 0) is 9.53 Å². The second-order valence-corrected chi connectivity index (χ2v) is 5.06. The number of nitro groups is 1. The summed E-state index contributed by atoms with van der Waals surface area (Å²) in [6.45, 7) is 1.27. The molecule has 0 aliphatic heterocycles. The van der Waals surface area contributed by atoms with Gasteiger partial charge < -0.3 is 10.1 Å². The summed E-state index contributed by atoms with van der Waals surface area (Å²) in [4.78, 5) is 45.3. The predicted molar refractivity (Wildman–Crippen MR) is 77.7 cm³/mol. The lowest BCUT2D eigenvalue weighted by Gasteiger charge is -2.13. The van der Waals surface area contributed by atoms with Crippen molar-refractivity contribution in [2.75, 3.05) is 0 Å². The third-order valence-electron chi connectivity index (χ3n) is 3.12. The summed E-state index contributed by atoms with van der Waals surface area (Å²) in [7, 11) is 0. The zero-order valence-electron chi connectivity index (χ0n) is 12.3. The molecule has 0 radical (unpaired) electrons. The predicted octanol–water partition coefficient (Wildman–Crippen LogP) is 1.13. The number of hydrogen-bond acceptors (Lipinski definition) is 6. The van der Waals surface area contributed by atoms with Crippen molar-refractivity contribution in [3.05, 3.63) is 39.9 Å². The largest absolute Gasteiger partial charge is 0.449 e. The average molecular weight is 321 g/mol. The lowest BCUT2D eigenvalue weighted by molar-refractivity contribution is -0.385. The fourth-order valence-electron chi connectivity index (χ4n) is 1.75. The number of imide groups is 1. The third kappa shape index (κ3) is 4.50. The number of nitrogens with one attached hydrogen (secondary N) is 2. The van der Waals surface area contributed by atoms with Gasteiger partial charge in [0.2, 0.25) is 0 Å². The van der Waals surface area contributed by atoms with Crippen LogP contribution in [0.2, 0.25) is 0 Å². The molecule has 1 atom stereocenters. The number of nitro benzene ring substituents is 1. The molecule has 2 N–H and O–H groups in total. The van der Waals surface area contributed by atoms with Gasteiger partial charge in [-0.1, -0.05) is 12.1 Å². The molecule has 0 saturated heterocycles. The van der Waals surface area contributed by atoms with Gasteiger partial charge in [0.05, 0.1) is 4.92 Å². The molecule has 1 fully saturated rings. The first kappa shape index (κ1) is 16.4. The van der Waals surface area contributed by atoms with Crippen LogP contribution in [0.15, 0.2) is 24.3 Å². The molecule has 0 aromatic heterocycles. The summed E-state index contributed by atoms with van der Waals surface area (Å²) in [5, 5.41) is 15.5. The van der Waals surface area contributed by atoms with Crippen LogP contribution in [0.1, 0.15) is 30.1 Å². The smallest absolute Gasteiger partial charge is 0.345 e. The van der Waals surface area contributed by atoms with Crippen molar-refractivity contribution in [1.29, 1.82) is 0 Å². The highest BCUT2D eigenvalue weighted by Crippen LogP contribution is 2.19. The number of carbonyl (C=O) groups is 3. The SMILES string of the molecule is C[C@@H](OC(=O)c1ccccc1[N+](=O)[O-])C(=O)NC(=O)NC1CC1. The summed E-state index contributed by atoms with van der Waals surface area (Å²) >= 11 is 0. The van der Waals surface area contributed by atoms with Crippen LogP contribution < -0.4 is 10.6 Å². The van der Waals surface area contributed by atoms with Crippen LogP contribution in [0.5, 0.6) is 0 Å². The topological polar surface area (TPSA) is 128 Å². The Kier molecular flexibility index (Phi) is 4.89. The van der Waals surface area contributed by atoms with Crippen molar-refractivity contribution >= 4 is 23.6 Å². The van der Waals surface area contributed by atoms with Gasteiger partial charge >= 0.3 is 12.0 Å². The van der Waals surface area contributed by atoms with Gasteiger partial charge in [0.15, 0.2) is 6.10 Å². The molecule has 0 bridgehead atoms. The van der Waals surface area contributed by atoms with Crippen LogP contribution in [-0.4, -0.2) is 35.0 Å². The van der Waals surface area contributed by atoms with Gasteiger partial charge in [0, 0.05) is 12.1 Å². The van der Waals surface area contributed by atoms with Gasteiger partial charge in [-0.25, -0.2) is 9.59 Å². The van der Waals surface area contributed by atoms with E-state index in [0.29, 0.717) is 0 Å². The quantitative estimate of drug-likeness (QED) is 0.475. The molecule has 9 heteroatoms. The molecule has 3 amide bonds. The molecule has 1 aliphatic rings. The maximum Gasteiger partial charge on any atom is 0.345 e. The Bertz CT molecular complexity index is 656. The average Bonchev–Trinajstić information content (AvgIpc) is 3.30. The Balaban J connectivity index is 1.94. The second kappa shape index (κ2) is 6.86. The summed E-state index contributed by atoms with van der Waals surface area (Å²) < 4.78 is 4.88. The van der Waals surface area contributed by atoms with E-state index in [1.807, 2.05) is 5.32 Å². The van der Waals surface area contributed by atoms with E-state index in [2.05, 4.69) is 5.32 Å². The maximum absolute atomic E-state index is 12.0. The van der Waals surface area contributed by atoms with Crippen LogP contribution >= 0.6 is 0 Å². The normalized spacial score (nSPS) is 14.5. The number of rotatable bonds is 5. The summed E-state index contributed by atoms with van der Waals surface area (Å²) in [5.74, 6) is -1.82. The van der Waals surface area contributed by atoms with Gasteiger partial charge in [0.1, 0.15) is 5.56 Å². The van der Waals surface area contributed by atoms with Crippen LogP contribution in [0.4, 0.5) is 10.5 Å². The number of benzene rings is 1. The summed E-state index contributed by atoms with van der Waals surface area (Å²) in [6, 6.07) is 4.65. The van der Waals surface area contributed by atoms with Gasteiger partial charge in [-0.15, -0.1) is 0 Å². The van der Waals surface area contributed by atoms with Crippen LogP contribution in [0, 0.1) is 10.1 Å². The highest BCUT2D eigenvalue weighted by molar-refractivity contribution is 5.99. The minimum Gasteiger partial charge on any atom is -0.449 e. The molecule has 1 aromatic rings. The zero-order valence-corrected chi connectivity index (χ0v) is 12.3. The number of para-hydroxylation sites is 1. The highest BCUT2D eigenvalue weighted by atomic mass is 16.6. The molecule has 1 aromatic carbocycles. The van der Waals surface area contributed by atoms with Crippen molar-refractivity contribution < 1.29 is 24.0 Å². The number of urea groups is 1. The highest BCUT2D eigenvalue weighted by Gasteiger charge is 2.27. The molecular weight excluding hydrogens is 306 g/mol. The molecule has 1 aliphatic carbocycles. The van der Waals surface area contributed by atoms with E-state index in [1.54, 1.807) is 0 Å². The van der Waals surface area contributed by atoms with Crippen molar-refractivity contribution in [3.63, 3.8) is 0 Å². The monoisotopic (exact) mass is 321 g/mol. The van der Waals surface area contributed by atoms with Crippen molar-refractivity contribution in [2.45, 2.75) is 31.9 Å². The molecule has 1 saturated carbocycles. The molecule has 0 unspecified atom stereocenters. The molecule has 9 nitrogen and oxygen atoms in total. The van der Waals surface area contributed by atoms with E-state index in [1.165, 1.54) is 25.1 Å². The number of esters is 1. The fourth-order valence-corrected chi connectivity index (χ4v) is 1.75. The standard InChI is InChI=1S/C14H15N3O6/c1-8(12(18)16-14(20)15-9-6-7-9)23-13(19)10-4-2-3-5-11(10)17(21)22/h2-5,8-9H,6-7H2,1H3,(H2,15,16,18,20)/t8-/m1/s1. The van der Waals surface area contributed by atoms with Gasteiger partial charge in [-0.2, -0.15) is 0 Å². The molecule has 122 valence electrons. The van der Waals surface area contributed by atoms with Crippen molar-refractivity contribution in [2.24, 2.45) is 0 Å². The maximum atomic E-state index is 12.0. The van der Waals surface area contributed by atoms with Gasteiger partial charge in [-0.3, -0.25) is 20.2 Å². The van der Waals surface area contributed by atoms with Gasteiger partial charge in [0.25, 0.3) is 11.6 Å². The number of nitrogens with zero attached hydrogens (tertiary/aromatic N) is 1. The van der Waals surface area contributed by atoms with E-state index < -0.39 is 34.6 Å². The zero-order chi connectivity index (χ0) is 17.0. The fraction of sp³-hybridized carbons (Fsp3) is 0.357. The van der Waals surface area contributed by atoms with E-state index in [-0.39, 0.29) is 11.6 Å². The minimum absolute atomic E-state index is 0.0765. The first-order valence-electron chi connectivity index (χ1n) is 6.94. The Labute approximate surface area is 131 Å². The molecular formula is C14H15N3O6. The van der Waals surface area contributed by atoms with Gasteiger partial charge in [-0.05, 0) is 25.8 Å². The lowest BCUT2D eigenvalue weighted by Crippen LogP contribution is -2.45. The Morgan fingerprint density at radius 2 is 1.96 bits per heavy atom. The van der Waals surface area contributed by atoms with Crippen molar-refractivity contribution in [1.82, 2.24) is 10.6 Å². The number of hydrogen-bond donors (Lipinski definition) is 2.